The minimum absolute atomic E-state index is 0.0216. The number of carboxylic acids is 1. The number of anilines is 2. The van der Waals surface area contributed by atoms with Crippen LogP contribution >= 0.6 is 0 Å². The van der Waals surface area contributed by atoms with Crippen molar-refractivity contribution in [2.45, 2.75) is 32.6 Å². The number of carbonyl (C=O) groups is 1. The number of rotatable bonds is 4. The molecule has 194 valence electrons. The van der Waals surface area contributed by atoms with Crippen molar-refractivity contribution >= 4 is 39.7 Å². The van der Waals surface area contributed by atoms with E-state index in [0.29, 0.717) is 23.2 Å². The summed E-state index contributed by atoms with van der Waals surface area (Å²) in [6.07, 6.45) is -4.15. The maximum atomic E-state index is 15.4. The lowest BCUT2D eigenvalue weighted by atomic mass is 10.0. The van der Waals surface area contributed by atoms with E-state index in [2.05, 4.69) is 4.98 Å². The smallest absolute Gasteiger partial charge is 0.420 e. The topological polar surface area (TPSA) is 91.8 Å². The molecule has 8 nitrogen and oxygen atoms in total. The number of halogens is 4. The van der Waals surface area contributed by atoms with E-state index in [1.807, 2.05) is 11.0 Å². The quantitative estimate of drug-likeness (QED) is 0.391. The highest BCUT2D eigenvalue weighted by atomic mass is 19.4. The summed E-state index contributed by atoms with van der Waals surface area (Å²) in [6, 6.07) is 7.80. The Morgan fingerprint density at radius 3 is 2.59 bits per heavy atom. The molecule has 1 N–H and O–H groups in total. The van der Waals surface area contributed by atoms with Gasteiger partial charge in [0, 0.05) is 38.4 Å². The number of nitrogens with zero attached hydrogens (tertiary/aromatic N) is 4. The van der Waals surface area contributed by atoms with E-state index < -0.39 is 51.1 Å². The molecule has 4 aromatic rings. The molecular weight excluding hydrogens is 496 g/mol. The zero-order valence-corrected chi connectivity index (χ0v) is 19.8. The zero-order valence-electron chi connectivity index (χ0n) is 19.8. The van der Waals surface area contributed by atoms with Crippen molar-refractivity contribution in [3.05, 3.63) is 63.7 Å². The van der Waals surface area contributed by atoms with Gasteiger partial charge in [-0.25, -0.2) is 9.18 Å². The highest BCUT2D eigenvalue weighted by Gasteiger charge is 2.42. The fraction of sp³-hybridized carbons (Fsp3) is 0.320. The van der Waals surface area contributed by atoms with Crippen molar-refractivity contribution in [2.75, 3.05) is 29.4 Å². The van der Waals surface area contributed by atoms with E-state index in [1.165, 1.54) is 11.8 Å². The van der Waals surface area contributed by atoms with Gasteiger partial charge in [0.1, 0.15) is 22.5 Å². The molecule has 0 bridgehead atoms. The Hall–Kier alpha value is -4.09. The van der Waals surface area contributed by atoms with Crippen molar-refractivity contribution in [3.63, 3.8) is 0 Å². The predicted molar refractivity (Wildman–Crippen MR) is 129 cm³/mol. The number of pyridine rings is 1. The molecule has 37 heavy (non-hydrogen) atoms. The normalized spacial score (nSPS) is 16.6. The van der Waals surface area contributed by atoms with Gasteiger partial charge in [-0.2, -0.15) is 18.2 Å². The van der Waals surface area contributed by atoms with E-state index in [4.69, 9.17) is 4.42 Å². The first-order valence-corrected chi connectivity index (χ1v) is 11.6. The first-order chi connectivity index (χ1) is 17.5. The number of benzene rings is 2. The third-order valence-electron chi connectivity index (χ3n) is 6.61. The number of aryl methyl sites for hydroxylation is 1. The lowest BCUT2D eigenvalue weighted by molar-refractivity contribution is -0.136. The third-order valence-corrected chi connectivity index (χ3v) is 6.61. The molecule has 1 fully saturated rings. The second-order valence-corrected chi connectivity index (χ2v) is 8.89. The van der Waals surface area contributed by atoms with Crippen LogP contribution < -0.4 is 15.2 Å². The Bertz CT molecular complexity index is 1560. The van der Waals surface area contributed by atoms with Crippen LogP contribution in [0.2, 0.25) is 0 Å². The number of aromatic carboxylic acids is 1. The Labute approximate surface area is 207 Å². The van der Waals surface area contributed by atoms with E-state index in [1.54, 1.807) is 25.1 Å². The van der Waals surface area contributed by atoms with Gasteiger partial charge in [-0.05, 0) is 32.0 Å². The number of carboxylic acid groups (broad SMARTS) is 1. The summed E-state index contributed by atoms with van der Waals surface area (Å²) < 4.78 is 65.8. The van der Waals surface area contributed by atoms with Crippen molar-refractivity contribution in [1.29, 1.82) is 0 Å². The average Bonchev–Trinajstić information content (AvgIpc) is 3.27. The van der Waals surface area contributed by atoms with Crippen molar-refractivity contribution in [3.8, 4) is 0 Å². The molecule has 0 amide bonds. The van der Waals surface area contributed by atoms with Gasteiger partial charge in [-0.15, -0.1) is 0 Å². The molecule has 0 spiro atoms. The van der Waals surface area contributed by atoms with Crippen molar-refractivity contribution < 1.29 is 31.9 Å². The van der Waals surface area contributed by atoms with E-state index >= 15 is 4.39 Å². The SMILES string of the molecule is CCn1cc(C(=O)O)c(=O)c2cc(F)c(N3CCN(c4nc5ccccc5o4)C(C)C3)c(C(F)(F)F)c21. The van der Waals surface area contributed by atoms with Crippen molar-refractivity contribution in [1.82, 2.24) is 9.55 Å². The first-order valence-electron chi connectivity index (χ1n) is 11.6. The molecule has 1 aliphatic heterocycles. The van der Waals surface area contributed by atoms with Crippen LogP contribution in [0.4, 0.5) is 29.3 Å². The standard InChI is InChI=1S/C25H22F4N4O4/c1-3-31-12-15(23(35)36)22(34)14-10-16(26)21(19(20(14)31)25(27,28)29)32-8-9-33(13(2)11-32)24-30-17-6-4-5-7-18(17)37-24/h4-7,10,12-13H,3,8-9,11H2,1-2H3,(H,35,36). The van der Waals surface area contributed by atoms with Gasteiger partial charge in [0.05, 0.1) is 16.6 Å². The summed E-state index contributed by atoms with van der Waals surface area (Å²) in [4.78, 5) is 31.8. The Kier molecular flexibility index (Phi) is 5.84. The van der Waals surface area contributed by atoms with Gasteiger partial charge < -0.3 is 23.9 Å². The maximum Gasteiger partial charge on any atom is 0.420 e. The van der Waals surface area contributed by atoms with Crippen LogP contribution in [0, 0.1) is 5.82 Å². The molecule has 0 aliphatic carbocycles. The van der Waals surface area contributed by atoms with Crippen LogP contribution in [0.3, 0.4) is 0 Å². The molecule has 0 radical (unpaired) electrons. The number of alkyl halides is 3. The highest BCUT2D eigenvalue weighted by molar-refractivity contribution is 5.95. The monoisotopic (exact) mass is 518 g/mol. The molecule has 0 saturated carbocycles. The average molecular weight is 518 g/mol. The number of fused-ring (bicyclic) bond motifs is 2. The number of aromatic nitrogens is 2. The minimum Gasteiger partial charge on any atom is -0.477 e. The number of hydrogen-bond donors (Lipinski definition) is 1. The van der Waals surface area contributed by atoms with Crippen molar-refractivity contribution in [2.24, 2.45) is 0 Å². The lowest BCUT2D eigenvalue weighted by Gasteiger charge is -2.41. The predicted octanol–water partition coefficient (Wildman–Crippen LogP) is 4.73. The number of oxazole rings is 1. The summed E-state index contributed by atoms with van der Waals surface area (Å²) in [5.41, 5.74) is -3.20. The zero-order chi connectivity index (χ0) is 26.6. The van der Waals surface area contributed by atoms with E-state index in [-0.39, 0.29) is 32.2 Å². The van der Waals surface area contributed by atoms with Gasteiger partial charge in [0.25, 0.3) is 6.01 Å². The molecule has 12 heteroatoms. The minimum atomic E-state index is -5.02. The molecule has 1 aliphatic rings. The third kappa shape index (κ3) is 4.05. The van der Waals surface area contributed by atoms with Crippen LogP contribution in [-0.4, -0.2) is 46.3 Å². The van der Waals surface area contributed by atoms with Crippen LogP contribution in [0.5, 0.6) is 0 Å². The van der Waals surface area contributed by atoms with Crippen LogP contribution in [0.25, 0.3) is 22.0 Å². The lowest BCUT2D eigenvalue weighted by Crippen LogP contribution is -2.53. The van der Waals surface area contributed by atoms with Crippen LogP contribution in [-0.2, 0) is 12.7 Å². The summed E-state index contributed by atoms with van der Waals surface area (Å²) in [6.45, 7) is 3.48. The van der Waals surface area contributed by atoms with Crippen LogP contribution in [0.1, 0.15) is 29.8 Å². The maximum absolute atomic E-state index is 15.4. The van der Waals surface area contributed by atoms with Gasteiger partial charge in [-0.1, -0.05) is 12.1 Å². The summed E-state index contributed by atoms with van der Waals surface area (Å²) >= 11 is 0. The molecule has 1 unspecified atom stereocenters. The van der Waals surface area contributed by atoms with E-state index in [9.17, 15) is 27.9 Å². The number of hydrogen-bond acceptors (Lipinski definition) is 6. The summed E-state index contributed by atoms with van der Waals surface area (Å²) in [7, 11) is 0. The molecule has 2 aromatic heterocycles. The first kappa shape index (κ1) is 24.6. The fourth-order valence-electron chi connectivity index (χ4n) is 4.93. The molecular formula is C25H22F4N4O4. The van der Waals surface area contributed by atoms with Gasteiger partial charge in [0.15, 0.2) is 5.58 Å². The molecule has 3 heterocycles. The summed E-state index contributed by atoms with van der Waals surface area (Å²) in [5, 5.41) is 8.71. The Morgan fingerprint density at radius 2 is 1.97 bits per heavy atom. The van der Waals surface area contributed by atoms with Crippen LogP contribution in [0.15, 0.2) is 45.7 Å². The second kappa shape index (κ2) is 8.79. The second-order valence-electron chi connectivity index (χ2n) is 8.89. The van der Waals surface area contributed by atoms with Gasteiger partial charge in [-0.3, -0.25) is 4.79 Å². The number of piperazine rings is 1. The largest absolute Gasteiger partial charge is 0.477 e. The molecule has 5 rings (SSSR count). The molecule has 1 saturated heterocycles. The molecule has 1 atom stereocenters. The Morgan fingerprint density at radius 1 is 1.24 bits per heavy atom. The summed E-state index contributed by atoms with van der Waals surface area (Å²) in [5.74, 6) is -2.85. The number of para-hydroxylation sites is 2. The van der Waals surface area contributed by atoms with E-state index in [0.717, 1.165) is 10.8 Å². The van der Waals surface area contributed by atoms with Gasteiger partial charge >= 0.3 is 12.1 Å². The molecule has 2 aromatic carbocycles. The van der Waals surface area contributed by atoms with Gasteiger partial charge in [0.2, 0.25) is 5.43 Å². The Balaban J connectivity index is 1.62. The fourth-order valence-corrected chi connectivity index (χ4v) is 4.93. The highest BCUT2D eigenvalue weighted by Crippen LogP contribution is 2.43.